The van der Waals surface area contributed by atoms with Crippen LogP contribution in [-0.4, -0.2) is 75.2 Å². The minimum atomic E-state index is -0.865. The molecule has 3 fully saturated rings. The first-order valence-electron chi connectivity index (χ1n) is 14.5. The van der Waals surface area contributed by atoms with E-state index >= 15 is 0 Å². The van der Waals surface area contributed by atoms with Crippen LogP contribution in [0, 0.1) is 5.82 Å². The number of alkyl halides is 1. The molecule has 2 aromatic carbocycles. The van der Waals surface area contributed by atoms with Crippen molar-refractivity contribution >= 4 is 44.2 Å². The summed E-state index contributed by atoms with van der Waals surface area (Å²) in [6.07, 6.45) is 4.50. The van der Waals surface area contributed by atoms with Crippen LogP contribution < -0.4 is 9.64 Å². The van der Waals surface area contributed by atoms with E-state index in [4.69, 9.17) is 14.7 Å². The number of phenolic OH excluding ortho intramolecular Hbond substituents is 1. The molecule has 3 aliphatic rings. The zero-order chi connectivity index (χ0) is 29.2. The number of phenols is 1. The highest BCUT2D eigenvalue weighted by Gasteiger charge is 2.49. The van der Waals surface area contributed by atoms with Crippen LogP contribution in [-0.2, 0) is 0 Å². The molecule has 2 aromatic heterocycles. The Morgan fingerprint density at radius 1 is 1.19 bits per heavy atom. The second kappa shape index (κ2) is 10.1. The van der Waals surface area contributed by atoms with Gasteiger partial charge in [0.25, 0.3) is 0 Å². The first-order chi connectivity index (χ1) is 20.1. The summed E-state index contributed by atoms with van der Waals surface area (Å²) in [6.45, 7) is 8.41. The molecule has 3 saturated heterocycles. The topological polar surface area (TPSA) is 82.0 Å². The molecule has 4 aromatic rings. The monoisotopic (exact) mass is 592 g/mol. The molecule has 7 rings (SSSR count). The van der Waals surface area contributed by atoms with Crippen LogP contribution >= 0.6 is 11.3 Å². The van der Waals surface area contributed by atoms with Gasteiger partial charge in [0.05, 0.1) is 16.5 Å². The van der Waals surface area contributed by atoms with Gasteiger partial charge >= 0.3 is 6.01 Å². The first kappa shape index (κ1) is 27.5. The molecule has 2 N–H and O–H groups in total. The fourth-order valence-electron chi connectivity index (χ4n) is 7.22. The van der Waals surface area contributed by atoms with Crippen LogP contribution in [0.15, 0.2) is 36.9 Å². The maximum absolute atomic E-state index is 14.9. The number of aromatic nitrogens is 2. The standard InChI is InChI=1S/C32H34F2N4O3S/c1-3-22-25(34)7-6-19-12-21(39)13-23(27(19)22)26-14-24-28(37-10-4-8-31(2,40)17-37)35-30(36-29(24)42-26)41-18-32-9-5-11-38(32)16-20(33)15-32/h3,6-7,12-14,20,39-40H,1,4-5,8-11,15-18H2,2H3/t20-,31-,32+/m1/s1. The van der Waals surface area contributed by atoms with Crippen molar-refractivity contribution in [1.29, 1.82) is 0 Å². The quantitative estimate of drug-likeness (QED) is 0.272. The van der Waals surface area contributed by atoms with Crippen molar-refractivity contribution in [2.75, 3.05) is 37.7 Å². The van der Waals surface area contributed by atoms with E-state index in [-0.39, 0.29) is 23.1 Å². The Bertz CT molecular complexity index is 1710. The number of benzene rings is 2. The van der Waals surface area contributed by atoms with Gasteiger partial charge in [0.2, 0.25) is 0 Å². The van der Waals surface area contributed by atoms with Gasteiger partial charge in [0, 0.05) is 47.4 Å². The molecule has 10 heteroatoms. The lowest BCUT2D eigenvalue weighted by Gasteiger charge is -2.37. The third kappa shape index (κ3) is 4.69. The molecule has 0 saturated carbocycles. The number of rotatable bonds is 6. The predicted molar refractivity (Wildman–Crippen MR) is 163 cm³/mol. The predicted octanol–water partition coefficient (Wildman–Crippen LogP) is 6.31. The lowest BCUT2D eigenvalue weighted by Crippen LogP contribution is -2.46. The SMILES string of the molecule is C=Cc1c(F)ccc2cc(O)cc(-c3cc4c(N5CCC[C@@](C)(O)C5)nc(OC[C@@]56CCCN5C[C@H](F)C6)nc4s3)c12. The average molecular weight is 593 g/mol. The van der Waals surface area contributed by atoms with Crippen molar-refractivity contribution in [3.63, 3.8) is 0 Å². The number of aromatic hydroxyl groups is 1. The number of hydrogen-bond donors (Lipinski definition) is 2. The first-order valence-corrected chi connectivity index (χ1v) is 15.4. The molecule has 0 aliphatic carbocycles. The molecule has 3 aliphatic heterocycles. The van der Waals surface area contributed by atoms with Gasteiger partial charge in [0.1, 0.15) is 35.0 Å². The Morgan fingerprint density at radius 2 is 2.02 bits per heavy atom. The molecule has 0 radical (unpaired) electrons. The average Bonchev–Trinajstić information content (AvgIpc) is 3.62. The van der Waals surface area contributed by atoms with Crippen LogP contribution in [0.4, 0.5) is 14.6 Å². The summed E-state index contributed by atoms with van der Waals surface area (Å²) in [6, 6.07) is 8.47. The molecule has 220 valence electrons. The third-order valence-corrected chi connectivity index (χ3v) is 10.2. The van der Waals surface area contributed by atoms with Gasteiger partial charge in [-0.1, -0.05) is 18.7 Å². The minimum absolute atomic E-state index is 0.0714. The van der Waals surface area contributed by atoms with Crippen LogP contribution in [0.5, 0.6) is 11.8 Å². The third-order valence-electron chi connectivity index (χ3n) is 9.12. The highest BCUT2D eigenvalue weighted by atomic mass is 32.1. The maximum Gasteiger partial charge on any atom is 0.319 e. The van der Waals surface area contributed by atoms with E-state index in [0.717, 1.165) is 42.6 Å². The number of hydrogen-bond acceptors (Lipinski definition) is 8. The van der Waals surface area contributed by atoms with E-state index in [1.165, 1.54) is 23.5 Å². The molecule has 7 nitrogen and oxygen atoms in total. The van der Waals surface area contributed by atoms with Gasteiger partial charge in [-0.15, -0.1) is 11.3 Å². The van der Waals surface area contributed by atoms with Crippen LogP contribution in [0.25, 0.3) is 37.5 Å². The highest BCUT2D eigenvalue weighted by Crippen LogP contribution is 2.44. The zero-order valence-corrected chi connectivity index (χ0v) is 24.4. The summed E-state index contributed by atoms with van der Waals surface area (Å²) < 4.78 is 35.5. The molecule has 42 heavy (non-hydrogen) atoms. The van der Waals surface area contributed by atoms with Crippen molar-refractivity contribution in [2.24, 2.45) is 0 Å². The Labute approximate surface area is 247 Å². The van der Waals surface area contributed by atoms with E-state index in [0.29, 0.717) is 65.1 Å². The van der Waals surface area contributed by atoms with Gasteiger partial charge in [-0.2, -0.15) is 9.97 Å². The number of nitrogens with zero attached hydrogens (tertiary/aromatic N) is 4. The van der Waals surface area contributed by atoms with Crippen LogP contribution in [0.1, 0.15) is 44.6 Å². The smallest absolute Gasteiger partial charge is 0.319 e. The number of piperidine rings is 1. The largest absolute Gasteiger partial charge is 0.508 e. The Balaban J connectivity index is 1.35. The lowest BCUT2D eigenvalue weighted by atomic mass is 9.95. The molecule has 0 amide bonds. The number of aliphatic hydroxyl groups is 1. The second-order valence-corrected chi connectivity index (χ2v) is 13.3. The summed E-state index contributed by atoms with van der Waals surface area (Å²) >= 11 is 1.41. The fraction of sp³-hybridized carbons (Fsp3) is 0.438. The Kier molecular flexibility index (Phi) is 6.64. The molecule has 5 heterocycles. The van der Waals surface area contributed by atoms with Gasteiger partial charge in [-0.05, 0) is 68.8 Å². The summed E-state index contributed by atoms with van der Waals surface area (Å²) in [4.78, 5) is 15.4. The number of ether oxygens (including phenoxy) is 1. The summed E-state index contributed by atoms with van der Waals surface area (Å²) in [7, 11) is 0. The summed E-state index contributed by atoms with van der Waals surface area (Å²) in [5.41, 5.74) is -0.164. The highest BCUT2D eigenvalue weighted by molar-refractivity contribution is 7.22. The summed E-state index contributed by atoms with van der Waals surface area (Å²) in [5, 5.41) is 23.6. The Hall–Kier alpha value is -3.34. The molecule has 0 bridgehead atoms. The fourth-order valence-corrected chi connectivity index (χ4v) is 8.26. The van der Waals surface area contributed by atoms with Crippen molar-refractivity contribution in [3.8, 4) is 22.2 Å². The van der Waals surface area contributed by atoms with Crippen LogP contribution in [0.3, 0.4) is 0 Å². The zero-order valence-electron chi connectivity index (χ0n) is 23.6. The van der Waals surface area contributed by atoms with E-state index in [1.54, 1.807) is 18.2 Å². The van der Waals surface area contributed by atoms with Crippen LogP contribution in [0.2, 0.25) is 0 Å². The number of fused-ring (bicyclic) bond motifs is 3. The van der Waals surface area contributed by atoms with Gasteiger partial charge in [-0.3, -0.25) is 4.90 Å². The second-order valence-electron chi connectivity index (χ2n) is 12.3. The molecule has 0 spiro atoms. The number of anilines is 1. The molecule has 3 atom stereocenters. The van der Waals surface area contributed by atoms with Crippen molar-refractivity contribution in [1.82, 2.24) is 14.9 Å². The van der Waals surface area contributed by atoms with Gasteiger partial charge in [0.15, 0.2) is 0 Å². The van der Waals surface area contributed by atoms with Gasteiger partial charge in [-0.25, -0.2) is 8.78 Å². The summed E-state index contributed by atoms with van der Waals surface area (Å²) in [5.74, 6) is 0.342. The maximum atomic E-state index is 14.9. The van der Waals surface area contributed by atoms with Crippen molar-refractivity contribution in [3.05, 3.63) is 48.3 Å². The Morgan fingerprint density at radius 3 is 2.83 bits per heavy atom. The molecular formula is C32H34F2N4O3S. The van der Waals surface area contributed by atoms with Crippen molar-refractivity contribution < 1.29 is 23.7 Å². The normalized spacial score (nSPS) is 26.3. The molecular weight excluding hydrogens is 558 g/mol. The van der Waals surface area contributed by atoms with E-state index in [9.17, 15) is 19.0 Å². The minimum Gasteiger partial charge on any atom is -0.508 e. The number of halogens is 2. The number of β-amino-alcohol motifs (C(OH)–C–C–N with tert-alkyl or cyclic N) is 1. The van der Waals surface area contributed by atoms with Crippen molar-refractivity contribution in [2.45, 2.75) is 56.3 Å². The van der Waals surface area contributed by atoms with E-state index < -0.39 is 11.8 Å². The van der Waals surface area contributed by atoms with E-state index in [2.05, 4.69) is 16.4 Å². The van der Waals surface area contributed by atoms with E-state index in [1.807, 2.05) is 13.0 Å². The molecule has 0 unspecified atom stereocenters. The lowest BCUT2D eigenvalue weighted by molar-refractivity contribution is 0.0447. The number of thiophene rings is 1. The van der Waals surface area contributed by atoms with Gasteiger partial charge < -0.3 is 19.8 Å².